The van der Waals surface area contributed by atoms with Gasteiger partial charge in [0.1, 0.15) is 0 Å². The second-order valence-electron chi connectivity index (χ2n) is 10.3. The Balaban J connectivity index is 0.00000155. The molecular formula is C41H37N. The molecule has 7 rings (SSSR count). The second kappa shape index (κ2) is 11.2. The number of hydrogen-bond acceptors (Lipinski definition) is 1. The third-order valence-electron chi connectivity index (χ3n) is 8.32. The molecule has 1 nitrogen and oxygen atoms in total. The fourth-order valence-corrected chi connectivity index (χ4v) is 6.76. The topological polar surface area (TPSA) is 3.24 Å². The Morgan fingerprint density at radius 2 is 1.10 bits per heavy atom. The Hall–Kier alpha value is -4.88. The smallest absolute Gasteiger partial charge is 0.0540 e. The van der Waals surface area contributed by atoms with Crippen LogP contribution in [0.5, 0.6) is 0 Å². The lowest BCUT2D eigenvalue weighted by atomic mass is 9.97. The minimum atomic E-state index is 1.14. The second-order valence-corrected chi connectivity index (χ2v) is 10.3. The SMILES string of the molecule is C=CC1=C(/C=C\C)c2cccc3c(N(C(/C=C\C)=C/C)c4ccc5c6c(cccc46)-c4ccccc4-5)ccc1c23.CC. The quantitative estimate of drug-likeness (QED) is 0.189. The molecule has 0 radical (unpaired) electrons. The molecule has 0 unspecified atom stereocenters. The summed E-state index contributed by atoms with van der Waals surface area (Å²) in [6.07, 6.45) is 12.9. The highest BCUT2D eigenvalue weighted by Gasteiger charge is 2.27. The molecule has 0 heterocycles. The molecule has 0 amide bonds. The van der Waals surface area contributed by atoms with Crippen LogP contribution in [0.3, 0.4) is 0 Å². The van der Waals surface area contributed by atoms with Gasteiger partial charge in [-0.05, 0) is 94.3 Å². The fraction of sp³-hybridized carbons (Fsp3) is 0.122. The summed E-state index contributed by atoms with van der Waals surface area (Å²) < 4.78 is 0. The van der Waals surface area contributed by atoms with Crippen molar-refractivity contribution in [3.8, 4) is 22.3 Å². The van der Waals surface area contributed by atoms with Crippen LogP contribution in [-0.4, -0.2) is 0 Å². The first-order valence-electron chi connectivity index (χ1n) is 15.0. The minimum Gasteiger partial charge on any atom is -0.310 e. The van der Waals surface area contributed by atoms with Crippen LogP contribution in [0.25, 0.3) is 54.9 Å². The molecule has 0 aromatic heterocycles. The molecule has 42 heavy (non-hydrogen) atoms. The monoisotopic (exact) mass is 543 g/mol. The molecule has 1 heteroatoms. The summed E-state index contributed by atoms with van der Waals surface area (Å²) in [6.45, 7) is 14.5. The van der Waals surface area contributed by atoms with E-state index in [1.54, 1.807) is 0 Å². The van der Waals surface area contributed by atoms with Gasteiger partial charge in [-0.25, -0.2) is 0 Å². The largest absolute Gasteiger partial charge is 0.310 e. The summed E-state index contributed by atoms with van der Waals surface area (Å²) in [7, 11) is 0. The molecule has 0 saturated heterocycles. The molecule has 0 aliphatic heterocycles. The number of benzene rings is 5. The summed E-state index contributed by atoms with van der Waals surface area (Å²) in [5.41, 5.74) is 13.7. The number of nitrogens with zero attached hydrogens (tertiary/aromatic N) is 1. The lowest BCUT2D eigenvalue weighted by Gasteiger charge is -2.29. The lowest BCUT2D eigenvalue weighted by Crippen LogP contribution is -2.16. The van der Waals surface area contributed by atoms with Crippen molar-refractivity contribution in [2.24, 2.45) is 0 Å². The van der Waals surface area contributed by atoms with Crippen LogP contribution in [0, 0.1) is 0 Å². The molecule has 0 atom stereocenters. The van der Waals surface area contributed by atoms with Crippen LogP contribution >= 0.6 is 0 Å². The van der Waals surface area contributed by atoms with Crippen molar-refractivity contribution in [2.75, 3.05) is 4.90 Å². The Morgan fingerprint density at radius 3 is 1.67 bits per heavy atom. The van der Waals surface area contributed by atoms with Crippen molar-refractivity contribution in [1.82, 2.24) is 0 Å². The zero-order valence-electron chi connectivity index (χ0n) is 25.2. The van der Waals surface area contributed by atoms with Crippen LogP contribution in [0.2, 0.25) is 0 Å². The minimum absolute atomic E-state index is 1.14. The molecule has 0 saturated carbocycles. The average molecular weight is 544 g/mol. The first kappa shape index (κ1) is 27.3. The standard InChI is InChI=1S/C39H31N.C2H6/c1-5-13-25(7-3)40(36-23-21-32-26(8-4)27(14-6-2)30-17-11-19-34(36)38(30)32)37-24-22-33-29-16-10-9-15-28(29)31-18-12-20-35(37)39(31)33;1-2/h5-24H,4H2,1-3H3;1-2H3/b13-5-,14-6-,25-7+;. The lowest BCUT2D eigenvalue weighted by molar-refractivity contribution is 1.22. The molecule has 0 fully saturated rings. The predicted octanol–water partition coefficient (Wildman–Crippen LogP) is 12.3. The van der Waals surface area contributed by atoms with Gasteiger partial charge in [-0.15, -0.1) is 0 Å². The van der Waals surface area contributed by atoms with E-state index in [4.69, 9.17) is 0 Å². The molecular weight excluding hydrogens is 506 g/mol. The molecule has 0 spiro atoms. The van der Waals surface area contributed by atoms with Crippen LogP contribution < -0.4 is 4.90 Å². The van der Waals surface area contributed by atoms with Gasteiger partial charge >= 0.3 is 0 Å². The molecule has 2 aliphatic rings. The van der Waals surface area contributed by atoms with E-state index in [1.807, 2.05) is 19.9 Å². The van der Waals surface area contributed by atoms with E-state index in [2.05, 4.69) is 148 Å². The highest BCUT2D eigenvalue weighted by Crippen LogP contribution is 2.52. The van der Waals surface area contributed by atoms with Crippen molar-refractivity contribution in [1.29, 1.82) is 0 Å². The Labute approximate surface area is 250 Å². The Bertz CT molecular complexity index is 1960. The maximum absolute atomic E-state index is 4.17. The molecule has 5 aromatic carbocycles. The number of hydrogen-bond donors (Lipinski definition) is 0. The van der Waals surface area contributed by atoms with Crippen molar-refractivity contribution < 1.29 is 0 Å². The van der Waals surface area contributed by atoms with Gasteiger partial charge < -0.3 is 4.90 Å². The average Bonchev–Trinajstić information content (AvgIpc) is 3.54. The Kier molecular flexibility index (Phi) is 7.27. The predicted molar refractivity (Wildman–Crippen MR) is 186 cm³/mol. The van der Waals surface area contributed by atoms with Crippen LogP contribution in [-0.2, 0) is 0 Å². The third kappa shape index (κ3) is 3.92. The van der Waals surface area contributed by atoms with Gasteiger partial charge in [0.25, 0.3) is 0 Å². The van der Waals surface area contributed by atoms with Gasteiger partial charge in [0, 0.05) is 16.5 Å². The Morgan fingerprint density at radius 1 is 0.571 bits per heavy atom. The van der Waals surface area contributed by atoms with Crippen molar-refractivity contribution in [3.63, 3.8) is 0 Å². The van der Waals surface area contributed by atoms with E-state index in [-0.39, 0.29) is 0 Å². The summed E-state index contributed by atoms with van der Waals surface area (Å²) in [6, 6.07) is 31.4. The first-order valence-corrected chi connectivity index (χ1v) is 15.0. The van der Waals surface area contributed by atoms with Crippen molar-refractivity contribution in [2.45, 2.75) is 34.6 Å². The van der Waals surface area contributed by atoms with E-state index < -0.39 is 0 Å². The summed E-state index contributed by atoms with van der Waals surface area (Å²) >= 11 is 0. The van der Waals surface area contributed by atoms with Gasteiger partial charge in [0.2, 0.25) is 0 Å². The molecule has 0 N–H and O–H groups in total. The summed E-state index contributed by atoms with van der Waals surface area (Å²) in [5.74, 6) is 0. The zero-order valence-corrected chi connectivity index (χ0v) is 25.2. The van der Waals surface area contributed by atoms with Gasteiger partial charge in [-0.3, -0.25) is 0 Å². The highest BCUT2D eigenvalue weighted by atomic mass is 15.1. The van der Waals surface area contributed by atoms with Crippen molar-refractivity contribution in [3.05, 3.63) is 145 Å². The zero-order chi connectivity index (χ0) is 29.4. The van der Waals surface area contributed by atoms with Gasteiger partial charge in [-0.2, -0.15) is 0 Å². The van der Waals surface area contributed by atoms with E-state index in [1.165, 1.54) is 77.4 Å². The molecule has 2 aliphatic carbocycles. The van der Waals surface area contributed by atoms with Gasteiger partial charge in [0.15, 0.2) is 0 Å². The van der Waals surface area contributed by atoms with Gasteiger partial charge in [-0.1, -0.05) is 124 Å². The van der Waals surface area contributed by atoms with Crippen LogP contribution in [0.1, 0.15) is 45.7 Å². The van der Waals surface area contributed by atoms with Gasteiger partial charge in [0.05, 0.1) is 11.4 Å². The highest BCUT2D eigenvalue weighted by molar-refractivity contribution is 6.22. The van der Waals surface area contributed by atoms with Crippen molar-refractivity contribution >= 4 is 44.1 Å². The van der Waals surface area contributed by atoms with E-state index in [0.717, 1.165) is 5.70 Å². The fourth-order valence-electron chi connectivity index (χ4n) is 6.76. The molecule has 206 valence electrons. The van der Waals surface area contributed by atoms with Crippen LogP contribution in [0.4, 0.5) is 11.4 Å². The summed E-state index contributed by atoms with van der Waals surface area (Å²) in [4.78, 5) is 2.44. The van der Waals surface area contributed by atoms with E-state index >= 15 is 0 Å². The molecule has 0 bridgehead atoms. The number of anilines is 2. The first-order chi connectivity index (χ1) is 20.7. The normalized spacial score (nSPS) is 13.3. The number of fused-ring (bicyclic) bond motifs is 3. The maximum Gasteiger partial charge on any atom is 0.0540 e. The number of rotatable bonds is 6. The summed E-state index contributed by atoms with van der Waals surface area (Å²) in [5, 5.41) is 5.13. The number of allylic oxidation sites excluding steroid dienone is 8. The third-order valence-corrected chi connectivity index (χ3v) is 8.32. The van der Waals surface area contributed by atoms with E-state index in [9.17, 15) is 0 Å². The van der Waals surface area contributed by atoms with Crippen LogP contribution in [0.15, 0.2) is 134 Å². The maximum atomic E-state index is 4.17. The van der Waals surface area contributed by atoms with E-state index in [0.29, 0.717) is 0 Å². The molecule has 5 aromatic rings.